The van der Waals surface area contributed by atoms with Crippen molar-refractivity contribution in [2.24, 2.45) is 5.92 Å². The van der Waals surface area contributed by atoms with E-state index in [0.29, 0.717) is 12.3 Å². The first-order chi connectivity index (χ1) is 3.79. The van der Waals surface area contributed by atoms with Crippen LogP contribution in [0.5, 0.6) is 0 Å². The summed E-state index contributed by atoms with van der Waals surface area (Å²) in [4.78, 5) is 0. The molecule has 0 aromatic rings. The first kappa shape index (κ1) is 5.80. The average molecular weight is 114 g/mol. The van der Waals surface area contributed by atoms with Crippen LogP contribution in [0, 0.1) is 5.92 Å². The van der Waals surface area contributed by atoms with Gasteiger partial charge in [-0.1, -0.05) is 19.1 Å². The first-order valence-electron chi connectivity index (χ1n) is 3.10. The van der Waals surface area contributed by atoms with Crippen molar-refractivity contribution in [3.8, 4) is 0 Å². The summed E-state index contributed by atoms with van der Waals surface area (Å²) in [6.45, 7) is 2.04. The van der Waals surface area contributed by atoms with Crippen LogP contribution < -0.4 is 0 Å². The van der Waals surface area contributed by atoms with Gasteiger partial charge in [-0.25, -0.2) is 4.39 Å². The third-order valence-corrected chi connectivity index (χ3v) is 1.48. The summed E-state index contributed by atoms with van der Waals surface area (Å²) in [5.74, 6) is 0.457. The lowest BCUT2D eigenvalue weighted by molar-refractivity contribution is 0.284. The van der Waals surface area contributed by atoms with Gasteiger partial charge in [0.2, 0.25) is 0 Å². The van der Waals surface area contributed by atoms with E-state index in [2.05, 4.69) is 6.08 Å². The third kappa shape index (κ3) is 1.32. The molecule has 0 aromatic heterocycles. The maximum absolute atomic E-state index is 12.4. The van der Waals surface area contributed by atoms with Gasteiger partial charge in [0.25, 0.3) is 0 Å². The topological polar surface area (TPSA) is 0 Å². The van der Waals surface area contributed by atoms with Crippen molar-refractivity contribution in [1.82, 2.24) is 0 Å². The number of halogens is 1. The van der Waals surface area contributed by atoms with Crippen LogP contribution in [0.15, 0.2) is 12.2 Å². The van der Waals surface area contributed by atoms with Crippen molar-refractivity contribution in [2.45, 2.75) is 25.9 Å². The minimum atomic E-state index is -0.574. The average Bonchev–Trinajstić information content (AvgIpc) is 1.64. The largest absolute Gasteiger partial charge is 0.247 e. The minimum Gasteiger partial charge on any atom is -0.247 e. The zero-order valence-electron chi connectivity index (χ0n) is 5.10. The van der Waals surface area contributed by atoms with Crippen LogP contribution in [-0.4, -0.2) is 6.17 Å². The molecule has 0 N–H and O–H groups in total. The lowest BCUT2D eigenvalue weighted by Gasteiger charge is -2.13. The van der Waals surface area contributed by atoms with Crippen LogP contribution in [-0.2, 0) is 0 Å². The monoisotopic (exact) mass is 114 g/mol. The Bertz CT molecular complexity index is 96.6. The fourth-order valence-corrected chi connectivity index (χ4v) is 1.04. The fourth-order valence-electron chi connectivity index (χ4n) is 1.04. The molecule has 1 rings (SSSR count). The molecule has 0 aliphatic heterocycles. The molecule has 0 saturated heterocycles. The first-order valence-corrected chi connectivity index (χ1v) is 3.10. The Labute approximate surface area is 49.4 Å². The molecular weight excluding hydrogens is 103 g/mol. The maximum atomic E-state index is 12.4. The molecule has 2 atom stereocenters. The Balaban J connectivity index is 2.42. The van der Waals surface area contributed by atoms with Crippen molar-refractivity contribution in [1.29, 1.82) is 0 Å². The van der Waals surface area contributed by atoms with E-state index in [1.165, 1.54) is 0 Å². The van der Waals surface area contributed by atoms with E-state index in [0.717, 1.165) is 6.42 Å². The van der Waals surface area contributed by atoms with Gasteiger partial charge in [-0.2, -0.15) is 0 Å². The van der Waals surface area contributed by atoms with E-state index < -0.39 is 6.17 Å². The number of alkyl halides is 1. The summed E-state index contributed by atoms with van der Waals surface area (Å²) in [7, 11) is 0. The third-order valence-electron chi connectivity index (χ3n) is 1.48. The van der Waals surface area contributed by atoms with Crippen molar-refractivity contribution in [2.75, 3.05) is 0 Å². The second-order valence-electron chi connectivity index (χ2n) is 2.47. The summed E-state index contributed by atoms with van der Waals surface area (Å²) in [5.41, 5.74) is 0. The summed E-state index contributed by atoms with van der Waals surface area (Å²) in [6.07, 6.45) is 4.78. The number of hydrogen-bond donors (Lipinski definition) is 0. The molecule has 0 bridgehead atoms. The molecule has 0 fully saturated rings. The van der Waals surface area contributed by atoms with Crippen LogP contribution in [0.4, 0.5) is 4.39 Å². The van der Waals surface area contributed by atoms with Crippen molar-refractivity contribution < 1.29 is 4.39 Å². The Morgan fingerprint density at radius 1 is 1.62 bits per heavy atom. The second kappa shape index (κ2) is 2.29. The molecule has 1 aliphatic carbocycles. The van der Waals surface area contributed by atoms with Crippen molar-refractivity contribution >= 4 is 0 Å². The van der Waals surface area contributed by atoms with Gasteiger partial charge >= 0.3 is 0 Å². The molecule has 0 heterocycles. The Morgan fingerprint density at radius 3 is 2.75 bits per heavy atom. The highest BCUT2D eigenvalue weighted by molar-refractivity contribution is 4.94. The number of rotatable bonds is 0. The lowest BCUT2D eigenvalue weighted by Crippen LogP contribution is -2.08. The number of allylic oxidation sites excluding steroid dienone is 2. The van der Waals surface area contributed by atoms with Crippen LogP contribution in [0.25, 0.3) is 0 Å². The van der Waals surface area contributed by atoms with Gasteiger partial charge in [0, 0.05) is 0 Å². The van der Waals surface area contributed by atoms with Crippen LogP contribution >= 0.6 is 0 Å². The summed E-state index contributed by atoms with van der Waals surface area (Å²) in [6, 6.07) is 0. The fraction of sp³-hybridized carbons (Fsp3) is 0.714. The molecule has 46 valence electrons. The van der Waals surface area contributed by atoms with E-state index in [9.17, 15) is 4.39 Å². The predicted molar refractivity (Wildman–Crippen MR) is 32.4 cm³/mol. The second-order valence-corrected chi connectivity index (χ2v) is 2.47. The molecule has 1 heteroatoms. The highest BCUT2D eigenvalue weighted by atomic mass is 19.1. The summed E-state index contributed by atoms with van der Waals surface area (Å²) in [5, 5.41) is 0. The Hall–Kier alpha value is -0.330. The predicted octanol–water partition coefficient (Wildman–Crippen LogP) is 2.31. The molecule has 0 saturated carbocycles. The summed E-state index contributed by atoms with van der Waals surface area (Å²) >= 11 is 0. The normalized spacial score (nSPS) is 37.8. The van der Waals surface area contributed by atoms with E-state index in [1.807, 2.05) is 13.0 Å². The molecule has 1 unspecified atom stereocenters. The lowest BCUT2D eigenvalue weighted by atomic mass is 9.97. The quantitative estimate of drug-likeness (QED) is 0.424. The highest BCUT2D eigenvalue weighted by Gasteiger charge is 2.11. The van der Waals surface area contributed by atoms with Crippen LogP contribution in [0.1, 0.15) is 19.8 Å². The molecule has 0 radical (unpaired) electrons. The van der Waals surface area contributed by atoms with Crippen LogP contribution in [0.3, 0.4) is 0 Å². The van der Waals surface area contributed by atoms with E-state index in [4.69, 9.17) is 0 Å². The number of hydrogen-bond acceptors (Lipinski definition) is 0. The van der Waals surface area contributed by atoms with Gasteiger partial charge in [-0.05, 0) is 18.8 Å². The molecular formula is C7H11F. The molecule has 0 amide bonds. The van der Waals surface area contributed by atoms with Gasteiger partial charge in [0.1, 0.15) is 6.17 Å². The van der Waals surface area contributed by atoms with Gasteiger partial charge in [-0.15, -0.1) is 0 Å². The molecule has 0 aromatic carbocycles. The van der Waals surface area contributed by atoms with Crippen molar-refractivity contribution in [3.63, 3.8) is 0 Å². The van der Waals surface area contributed by atoms with E-state index in [1.54, 1.807) is 0 Å². The molecule has 0 nitrogen and oxygen atoms in total. The van der Waals surface area contributed by atoms with Gasteiger partial charge in [0.15, 0.2) is 0 Å². The van der Waals surface area contributed by atoms with Crippen molar-refractivity contribution in [3.05, 3.63) is 12.2 Å². The smallest absolute Gasteiger partial charge is 0.104 e. The van der Waals surface area contributed by atoms with E-state index in [-0.39, 0.29) is 0 Å². The minimum absolute atomic E-state index is 0.457. The van der Waals surface area contributed by atoms with Crippen LogP contribution in [0.2, 0.25) is 0 Å². The zero-order valence-corrected chi connectivity index (χ0v) is 5.10. The van der Waals surface area contributed by atoms with Gasteiger partial charge < -0.3 is 0 Å². The Kier molecular flexibility index (Phi) is 1.66. The molecule has 0 spiro atoms. The SMILES string of the molecule is C[C@H]1C=CCC(F)C1. The van der Waals surface area contributed by atoms with E-state index >= 15 is 0 Å². The molecule has 1 aliphatic rings. The van der Waals surface area contributed by atoms with Gasteiger partial charge in [-0.3, -0.25) is 0 Å². The zero-order chi connectivity index (χ0) is 5.98. The maximum Gasteiger partial charge on any atom is 0.104 e. The highest BCUT2D eigenvalue weighted by Crippen LogP contribution is 2.18. The summed E-state index contributed by atoms with van der Waals surface area (Å²) < 4.78 is 12.4. The molecule has 8 heavy (non-hydrogen) atoms. The Morgan fingerprint density at radius 2 is 2.38 bits per heavy atom. The van der Waals surface area contributed by atoms with Gasteiger partial charge in [0.05, 0.1) is 0 Å². The standard InChI is InChI=1S/C7H11F/c1-6-3-2-4-7(8)5-6/h2-3,6-7H,4-5H2,1H3/t6-,7?/m0/s1.